The Morgan fingerprint density at radius 2 is 2.24 bits per heavy atom. The number of nitrogens with zero attached hydrogens (tertiary/aromatic N) is 1. The van der Waals surface area contributed by atoms with Crippen molar-refractivity contribution in [1.82, 2.24) is 9.97 Å². The number of anilines is 1. The molecule has 0 aliphatic carbocycles. The molecule has 6 heteroatoms. The van der Waals surface area contributed by atoms with Crippen LogP contribution in [0.3, 0.4) is 0 Å². The van der Waals surface area contributed by atoms with Crippen LogP contribution in [0.1, 0.15) is 16.7 Å². The first-order valence-electron chi connectivity index (χ1n) is 5.25. The van der Waals surface area contributed by atoms with Gasteiger partial charge in [-0.1, -0.05) is 18.5 Å². The smallest absolute Gasteiger partial charge is 0.271 e. The van der Waals surface area contributed by atoms with E-state index in [2.05, 4.69) is 34.3 Å². The first-order chi connectivity index (χ1) is 8.20. The number of aromatic amines is 1. The van der Waals surface area contributed by atoms with E-state index in [1.54, 1.807) is 11.3 Å². The first kappa shape index (κ1) is 12.1. The lowest BCUT2D eigenvalue weighted by Gasteiger charge is -2.04. The Hall–Kier alpha value is -1.33. The molecule has 0 aliphatic rings. The fourth-order valence-corrected chi connectivity index (χ4v) is 2.45. The highest BCUT2D eigenvalue weighted by molar-refractivity contribution is 7.12. The highest BCUT2D eigenvalue weighted by Gasteiger charge is 2.05. The minimum atomic E-state index is -0.329. The predicted octanol–water partition coefficient (Wildman–Crippen LogP) is 2.66. The standard InChI is InChI=1S/C11H12ClN3OS/c1-2-7-3-4-8(17-7)5-13-10-9(12)11(16)15-6-14-10/h3-4,6H,2,5H2,1H3,(H2,13,14,15,16). The Labute approximate surface area is 108 Å². The van der Waals surface area contributed by atoms with Gasteiger partial charge in [-0.05, 0) is 18.6 Å². The monoisotopic (exact) mass is 269 g/mol. The second kappa shape index (κ2) is 5.33. The second-order valence-electron chi connectivity index (χ2n) is 3.47. The van der Waals surface area contributed by atoms with Crippen molar-refractivity contribution in [3.8, 4) is 0 Å². The van der Waals surface area contributed by atoms with E-state index in [4.69, 9.17) is 11.6 Å². The third-order valence-electron chi connectivity index (χ3n) is 2.29. The lowest BCUT2D eigenvalue weighted by Crippen LogP contribution is -2.11. The fourth-order valence-electron chi connectivity index (χ4n) is 1.38. The molecule has 4 nitrogen and oxygen atoms in total. The van der Waals surface area contributed by atoms with E-state index in [1.165, 1.54) is 16.1 Å². The van der Waals surface area contributed by atoms with E-state index in [0.29, 0.717) is 12.4 Å². The molecule has 2 aromatic rings. The third-order valence-corrected chi connectivity index (χ3v) is 3.87. The Bertz CT molecular complexity index is 564. The van der Waals surface area contributed by atoms with Crippen LogP contribution in [-0.4, -0.2) is 9.97 Å². The molecule has 0 aromatic carbocycles. The summed E-state index contributed by atoms with van der Waals surface area (Å²) in [5.41, 5.74) is -0.329. The summed E-state index contributed by atoms with van der Waals surface area (Å²) in [5, 5.41) is 3.15. The van der Waals surface area contributed by atoms with Gasteiger partial charge in [0, 0.05) is 9.75 Å². The molecule has 2 N–H and O–H groups in total. The summed E-state index contributed by atoms with van der Waals surface area (Å²) >= 11 is 7.57. The molecule has 0 atom stereocenters. The van der Waals surface area contributed by atoms with Crippen LogP contribution in [0.15, 0.2) is 23.3 Å². The summed E-state index contributed by atoms with van der Waals surface area (Å²) in [6, 6.07) is 4.17. The molecule has 0 amide bonds. The minimum Gasteiger partial charge on any atom is -0.364 e. The average Bonchev–Trinajstić information content (AvgIpc) is 2.79. The van der Waals surface area contributed by atoms with Gasteiger partial charge in [-0.25, -0.2) is 4.98 Å². The summed E-state index contributed by atoms with van der Waals surface area (Å²) in [6.07, 6.45) is 2.37. The summed E-state index contributed by atoms with van der Waals surface area (Å²) in [4.78, 5) is 20.2. The van der Waals surface area contributed by atoms with Crippen LogP contribution >= 0.6 is 22.9 Å². The number of aryl methyl sites for hydroxylation is 1. The van der Waals surface area contributed by atoms with Crippen LogP contribution in [0.5, 0.6) is 0 Å². The largest absolute Gasteiger partial charge is 0.364 e. The van der Waals surface area contributed by atoms with Crippen molar-refractivity contribution in [3.63, 3.8) is 0 Å². The van der Waals surface area contributed by atoms with Crippen molar-refractivity contribution in [2.45, 2.75) is 19.9 Å². The van der Waals surface area contributed by atoms with Crippen molar-refractivity contribution < 1.29 is 0 Å². The lowest BCUT2D eigenvalue weighted by atomic mass is 10.3. The van der Waals surface area contributed by atoms with Crippen molar-refractivity contribution in [1.29, 1.82) is 0 Å². The van der Waals surface area contributed by atoms with Crippen molar-refractivity contribution in [2.75, 3.05) is 5.32 Å². The van der Waals surface area contributed by atoms with Crippen LogP contribution in [0.25, 0.3) is 0 Å². The molecular weight excluding hydrogens is 258 g/mol. The molecule has 17 heavy (non-hydrogen) atoms. The molecule has 0 saturated heterocycles. The van der Waals surface area contributed by atoms with Gasteiger partial charge in [0.25, 0.3) is 5.56 Å². The second-order valence-corrected chi connectivity index (χ2v) is 5.10. The summed E-state index contributed by atoms with van der Waals surface area (Å²) < 4.78 is 0. The van der Waals surface area contributed by atoms with E-state index >= 15 is 0 Å². The van der Waals surface area contributed by atoms with E-state index in [9.17, 15) is 4.79 Å². The number of thiophene rings is 1. The van der Waals surface area contributed by atoms with Crippen molar-refractivity contribution >= 4 is 28.8 Å². The maximum atomic E-state index is 11.2. The Morgan fingerprint density at radius 1 is 1.47 bits per heavy atom. The number of rotatable bonds is 4. The molecule has 0 unspecified atom stereocenters. The maximum Gasteiger partial charge on any atom is 0.271 e. The normalized spacial score (nSPS) is 10.5. The van der Waals surface area contributed by atoms with E-state index in [1.807, 2.05) is 0 Å². The van der Waals surface area contributed by atoms with E-state index in [-0.39, 0.29) is 10.6 Å². The third kappa shape index (κ3) is 2.87. The van der Waals surface area contributed by atoms with Crippen molar-refractivity contribution in [2.24, 2.45) is 0 Å². The van der Waals surface area contributed by atoms with Crippen LogP contribution in [-0.2, 0) is 13.0 Å². The molecule has 90 valence electrons. The van der Waals surface area contributed by atoms with Gasteiger partial charge in [0.15, 0.2) is 5.82 Å². The highest BCUT2D eigenvalue weighted by atomic mass is 35.5. The summed E-state index contributed by atoms with van der Waals surface area (Å²) in [5.74, 6) is 0.418. The number of hydrogen-bond acceptors (Lipinski definition) is 4. The molecule has 0 bridgehead atoms. The molecule has 0 spiro atoms. The minimum absolute atomic E-state index is 0.0970. The zero-order valence-corrected chi connectivity index (χ0v) is 10.9. The lowest BCUT2D eigenvalue weighted by molar-refractivity contribution is 1.07. The van der Waals surface area contributed by atoms with Crippen LogP contribution in [0.2, 0.25) is 5.02 Å². The number of hydrogen-bond donors (Lipinski definition) is 2. The van der Waals surface area contributed by atoms with E-state index in [0.717, 1.165) is 6.42 Å². The molecule has 2 aromatic heterocycles. The highest BCUT2D eigenvalue weighted by Crippen LogP contribution is 2.19. The van der Waals surface area contributed by atoms with Crippen molar-refractivity contribution in [3.05, 3.63) is 43.6 Å². The van der Waals surface area contributed by atoms with Crippen LogP contribution in [0, 0.1) is 0 Å². The molecule has 2 rings (SSSR count). The quantitative estimate of drug-likeness (QED) is 0.897. The predicted molar refractivity (Wildman–Crippen MR) is 70.9 cm³/mol. The van der Waals surface area contributed by atoms with Gasteiger partial charge in [-0.15, -0.1) is 11.3 Å². The SMILES string of the molecule is CCc1ccc(CNc2nc[nH]c(=O)c2Cl)s1. The Balaban J connectivity index is 2.07. The molecule has 0 aliphatic heterocycles. The van der Waals surface area contributed by atoms with Crippen LogP contribution < -0.4 is 10.9 Å². The van der Waals surface area contributed by atoms with Gasteiger partial charge in [-0.3, -0.25) is 4.79 Å². The fraction of sp³-hybridized carbons (Fsp3) is 0.273. The molecule has 0 fully saturated rings. The van der Waals surface area contributed by atoms with Crippen LogP contribution in [0.4, 0.5) is 5.82 Å². The van der Waals surface area contributed by atoms with Gasteiger partial charge in [0.05, 0.1) is 12.9 Å². The number of aromatic nitrogens is 2. The Kier molecular flexibility index (Phi) is 3.81. The van der Waals surface area contributed by atoms with E-state index < -0.39 is 0 Å². The zero-order valence-electron chi connectivity index (χ0n) is 9.29. The van der Waals surface area contributed by atoms with Gasteiger partial charge in [0.1, 0.15) is 5.02 Å². The summed E-state index contributed by atoms with van der Waals surface area (Å²) in [7, 11) is 0. The van der Waals surface area contributed by atoms with Gasteiger partial charge >= 0.3 is 0 Å². The van der Waals surface area contributed by atoms with Gasteiger partial charge in [-0.2, -0.15) is 0 Å². The number of nitrogens with one attached hydrogen (secondary N) is 2. The topological polar surface area (TPSA) is 57.8 Å². The molecule has 2 heterocycles. The molecule has 0 saturated carbocycles. The Morgan fingerprint density at radius 3 is 2.94 bits per heavy atom. The zero-order chi connectivity index (χ0) is 12.3. The molecular formula is C11H12ClN3OS. The summed E-state index contributed by atoms with van der Waals surface area (Å²) in [6.45, 7) is 2.75. The molecule has 0 radical (unpaired) electrons. The maximum absolute atomic E-state index is 11.2. The van der Waals surface area contributed by atoms with Gasteiger partial charge < -0.3 is 10.3 Å². The van der Waals surface area contributed by atoms with Gasteiger partial charge in [0.2, 0.25) is 0 Å². The first-order valence-corrected chi connectivity index (χ1v) is 6.44. The average molecular weight is 270 g/mol. The number of H-pyrrole nitrogens is 1. The number of halogens is 1.